The van der Waals surface area contributed by atoms with Gasteiger partial charge in [-0.25, -0.2) is 0 Å². The van der Waals surface area contributed by atoms with Gasteiger partial charge in [0.05, 0.1) is 0 Å². The van der Waals surface area contributed by atoms with E-state index in [4.69, 9.17) is 5.73 Å². The maximum Gasteiger partial charge on any atom is 0.249 e. The first-order valence-corrected chi connectivity index (χ1v) is 5.44. The second-order valence-corrected chi connectivity index (χ2v) is 3.62. The highest BCUT2D eigenvalue weighted by Crippen LogP contribution is 2.07. The van der Waals surface area contributed by atoms with E-state index < -0.39 is 5.91 Å². The summed E-state index contributed by atoms with van der Waals surface area (Å²) < 4.78 is 0. The van der Waals surface area contributed by atoms with Gasteiger partial charge in [0.25, 0.3) is 0 Å². The number of carbonyl (C=O) groups excluding carboxylic acids is 2. The summed E-state index contributed by atoms with van der Waals surface area (Å²) >= 11 is 0. The molecule has 0 saturated carbocycles. The lowest BCUT2D eigenvalue weighted by atomic mass is 10.1. The monoisotopic (exact) mass is 235 g/mol. The summed E-state index contributed by atoms with van der Waals surface area (Å²) in [4.78, 5) is 22.1. The zero-order chi connectivity index (χ0) is 12.7. The Balaban J connectivity index is 2.46. The van der Waals surface area contributed by atoms with Gasteiger partial charge in [-0.1, -0.05) is 18.2 Å². The van der Waals surface area contributed by atoms with Gasteiger partial charge in [-0.05, 0) is 11.6 Å². The summed E-state index contributed by atoms with van der Waals surface area (Å²) in [5.41, 5.74) is 6.62. The van der Waals surface area contributed by atoms with Crippen LogP contribution in [0.1, 0.15) is 22.3 Å². The lowest BCUT2D eigenvalue weighted by molar-refractivity contribution is -0.120. The second kappa shape index (κ2) is 6.65. The van der Waals surface area contributed by atoms with Crippen LogP contribution >= 0.6 is 0 Å². The number of hydrogen-bond acceptors (Lipinski definition) is 3. The first kappa shape index (κ1) is 13.2. The largest absolute Gasteiger partial charge is 0.366 e. The van der Waals surface area contributed by atoms with E-state index in [0.717, 1.165) is 5.56 Å². The molecule has 0 aliphatic heterocycles. The Hall–Kier alpha value is -1.88. The van der Waals surface area contributed by atoms with E-state index in [1.165, 1.54) is 0 Å². The Kier molecular flexibility index (Phi) is 5.16. The number of nitrogens with one attached hydrogen (secondary N) is 2. The summed E-state index contributed by atoms with van der Waals surface area (Å²) in [5.74, 6) is -0.450. The van der Waals surface area contributed by atoms with Crippen molar-refractivity contribution in [3.8, 4) is 0 Å². The van der Waals surface area contributed by atoms with Crippen LogP contribution in [0.4, 0.5) is 0 Å². The molecule has 1 aromatic rings. The Morgan fingerprint density at radius 3 is 2.65 bits per heavy atom. The Morgan fingerprint density at radius 2 is 2.00 bits per heavy atom. The molecule has 0 saturated heterocycles. The SMILES string of the molecule is CNC(=O)CCNCc1ccccc1C(N)=O. The number of rotatable bonds is 6. The average molecular weight is 235 g/mol. The molecular formula is C12H17N3O2. The molecule has 0 fully saturated rings. The van der Waals surface area contributed by atoms with Gasteiger partial charge in [0.2, 0.25) is 11.8 Å². The molecule has 0 spiro atoms. The van der Waals surface area contributed by atoms with Crippen LogP contribution in [-0.4, -0.2) is 25.4 Å². The summed E-state index contributed by atoms with van der Waals surface area (Å²) in [7, 11) is 1.60. The molecule has 0 unspecified atom stereocenters. The van der Waals surface area contributed by atoms with Gasteiger partial charge in [-0.15, -0.1) is 0 Å². The van der Waals surface area contributed by atoms with Crippen molar-refractivity contribution in [3.05, 3.63) is 35.4 Å². The standard InChI is InChI=1S/C12H17N3O2/c1-14-11(16)6-7-15-8-9-4-2-3-5-10(9)12(13)17/h2-5,15H,6-8H2,1H3,(H2,13,17)(H,14,16). The van der Waals surface area contributed by atoms with Gasteiger partial charge in [-0.3, -0.25) is 9.59 Å². The highest BCUT2D eigenvalue weighted by atomic mass is 16.1. The van der Waals surface area contributed by atoms with E-state index in [2.05, 4.69) is 10.6 Å². The highest BCUT2D eigenvalue weighted by molar-refractivity contribution is 5.94. The molecule has 0 aliphatic carbocycles. The third-order valence-electron chi connectivity index (χ3n) is 2.41. The minimum absolute atomic E-state index is 0.0133. The van der Waals surface area contributed by atoms with Crippen LogP contribution in [0.2, 0.25) is 0 Å². The quantitative estimate of drug-likeness (QED) is 0.607. The van der Waals surface area contributed by atoms with Crippen LogP contribution in [0, 0.1) is 0 Å². The van der Waals surface area contributed by atoms with Crippen LogP contribution in [0.25, 0.3) is 0 Å². The van der Waals surface area contributed by atoms with Crippen molar-refractivity contribution >= 4 is 11.8 Å². The minimum Gasteiger partial charge on any atom is -0.366 e. The third kappa shape index (κ3) is 4.24. The van der Waals surface area contributed by atoms with Gasteiger partial charge in [0.15, 0.2) is 0 Å². The van der Waals surface area contributed by atoms with E-state index >= 15 is 0 Å². The van der Waals surface area contributed by atoms with E-state index in [1.807, 2.05) is 12.1 Å². The normalized spacial score (nSPS) is 9.94. The van der Waals surface area contributed by atoms with E-state index in [0.29, 0.717) is 25.1 Å². The number of primary amides is 1. The topological polar surface area (TPSA) is 84.2 Å². The van der Waals surface area contributed by atoms with E-state index in [-0.39, 0.29) is 5.91 Å². The van der Waals surface area contributed by atoms with Crippen molar-refractivity contribution in [1.29, 1.82) is 0 Å². The van der Waals surface area contributed by atoms with Crippen molar-refractivity contribution in [2.24, 2.45) is 5.73 Å². The van der Waals surface area contributed by atoms with Crippen LogP contribution in [0.5, 0.6) is 0 Å². The van der Waals surface area contributed by atoms with Crippen molar-refractivity contribution in [2.75, 3.05) is 13.6 Å². The van der Waals surface area contributed by atoms with Gasteiger partial charge >= 0.3 is 0 Å². The Morgan fingerprint density at radius 1 is 1.29 bits per heavy atom. The summed E-state index contributed by atoms with van der Waals surface area (Å²) in [5, 5.41) is 5.63. The molecule has 5 nitrogen and oxygen atoms in total. The van der Waals surface area contributed by atoms with Gasteiger partial charge in [-0.2, -0.15) is 0 Å². The third-order valence-corrected chi connectivity index (χ3v) is 2.41. The fourth-order valence-electron chi connectivity index (χ4n) is 1.46. The number of amides is 2. The minimum atomic E-state index is -0.436. The predicted octanol–water partition coefficient (Wildman–Crippen LogP) is 0.0112. The van der Waals surface area contributed by atoms with Gasteiger partial charge in [0, 0.05) is 32.1 Å². The number of benzene rings is 1. The zero-order valence-corrected chi connectivity index (χ0v) is 9.82. The van der Waals surface area contributed by atoms with Crippen molar-refractivity contribution in [1.82, 2.24) is 10.6 Å². The van der Waals surface area contributed by atoms with Crippen LogP contribution in [0.3, 0.4) is 0 Å². The lowest BCUT2D eigenvalue weighted by Gasteiger charge is -2.07. The maximum absolute atomic E-state index is 11.1. The molecule has 92 valence electrons. The van der Waals surface area contributed by atoms with Crippen molar-refractivity contribution in [3.63, 3.8) is 0 Å². The molecule has 17 heavy (non-hydrogen) atoms. The fraction of sp³-hybridized carbons (Fsp3) is 0.333. The highest BCUT2D eigenvalue weighted by Gasteiger charge is 2.06. The molecule has 0 radical (unpaired) electrons. The Bertz CT molecular complexity index is 404. The predicted molar refractivity (Wildman–Crippen MR) is 65.4 cm³/mol. The second-order valence-electron chi connectivity index (χ2n) is 3.62. The van der Waals surface area contributed by atoms with E-state index in [9.17, 15) is 9.59 Å². The van der Waals surface area contributed by atoms with Crippen LogP contribution < -0.4 is 16.4 Å². The Labute approximate surface area is 100 Å². The molecule has 0 atom stereocenters. The van der Waals surface area contributed by atoms with Crippen LogP contribution in [0.15, 0.2) is 24.3 Å². The van der Waals surface area contributed by atoms with Gasteiger partial charge < -0.3 is 16.4 Å². The average Bonchev–Trinajstić information content (AvgIpc) is 2.34. The first-order valence-electron chi connectivity index (χ1n) is 5.44. The number of carbonyl (C=O) groups is 2. The smallest absolute Gasteiger partial charge is 0.249 e. The molecule has 0 heterocycles. The molecule has 1 rings (SSSR count). The molecule has 1 aromatic carbocycles. The molecule has 4 N–H and O–H groups in total. The fourth-order valence-corrected chi connectivity index (χ4v) is 1.46. The van der Waals surface area contributed by atoms with Crippen molar-refractivity contribution < 1.29 is 9.59 Å². The summed E-state index contributed by atoms with van der Waals surface area (Å²) in [6.45, 7) is 1.09. The lowest BCUT2D eigenvalue weighted by Crippen LogP contribution is -2.25. The zero-order valence-electron chi connectivity index (χ0n) is 9.82. The van der Waals surface area contributed by atoms with Gasteiger partial charge in [0.1, 0.15) is 0 Å². The molecule has 0 aliphatic rings. The number of nitrogens with two attached hydrogens (primary N) is 1. The number of hydrogen-bond donors (Lipinski definition) is 3. The molecule has 0 bridgehead atoms. The summed E-state index contributed by atoms with van der Waals surface area (Å²) in [6, 6.07) is 7.15. The maximum atomic E-state index is 11.1. The van der Waals surface area contributed by atoms with Crippen molar-refractivity contribution in [2.45, 2.75) is 13.0 Å². The van der Waals surface area contributed by atoms with E-state index in [1.54, 1.807) is 19.2 Å². The van der Waals surface area contributed by atoms with Crippen LogP contribution in [-0.2, 0) is 11.3 Å². The molecule has 5 heteroatoms. The molecule has 0 aromatic heterocycles. The molecule has 2 amide bonds. The molecular weight excluding hydrogens is 218 g/mol. The first-order chi connectivity index (χ1) is 8.15. The summed E-state index contributed by atoms with van der Waals surface area (Å²) in [6.07, 6.45) is 0.412.